The van der Waals surface area contributed by atoms with E-state index in [1.807, 2.05) is 6.07 Å². The van der Waals surface area contributed by atoms with Gasteiger partial charge in [0.05, 0.1) is 5.02 Å². The summed E-state index contributed by atoms with van der Waals surface area (Å²) in [6.07, 6.45) is 1.58. The summed E-state index contributed by atoms with van der Waals surface area (Å²) in [6, 6.07) is 13.2. The molecule has 0 aliphatic carbocycles. The number of hydrogen-bond donors (Lipinski definition) is 3. The number of amides is 1. The maximum absolute atomic E-state index is 13.2. The van der Waals surface area contributed by atoms with Gasteiger partial charge in [0, 0.05) is 30.2 Å². The van der Waals surface area contributed by atoms with Gasteiger partial charge >= 0.3 is 0 Å². The Hall–Kier alpha value is -3.19. The number of benzene rings is 2. The number of carbonyl (C=O) groups excluding carboxylic acids is 1. The average molecular weight is 372 g/mol. The van der Waals surface area contributed by atoms with Gasteiger partial charge in [-0.25, -0.2) is 9.37 Å². The van der Waals surface area contributed by atoms with Crippen LogP contribution in [0.1, 0.15) is 6.92 Å². The minimum Gasteiger partial charge on any atom is -0.340 e. The average Bonchev–Trinajstić information content (AvgIpc) is 2.58. The van der Waals surface area contributed by atoms with Gasteiger partial charge in [-0.3, -0.25) is 4.79 Å². The third-order valence-electron chi connectivity index (χ3n) is 3.29. The summed E-state index contributed by atoms with van der Waals surface area (Å²) in [6.45, 7) is 1.44. The molecular weight excluding hydrogens is 357 g/mol. The van der Waals surface area contributed by atoms with Crippen molar-refractivity contribution in [2.75, 3.05) is 16.0 Å². The van der Waals surface area contributed by atoms with Gasteiger partial charge in [0.1, 0.15) is 11.6 Å². The molecule has 3 aromatic rings. The third kappa shape index (κ3) is 4.67. The van der Waals surface area contributed by atoms with Gasteiger partial charge in [0.15, 0.2) is 0 Å². The van der Waals surface area contributed by atoms with E-state index in [2.05, 4.69) is 25.9 Å². The van der Waals surface area contributed by atoms with Crippen LogP contribution in [0.3, 0.4) is 0 Å². The lowest BCUT2D eigenvalue weighted by Crippen LogP contribution is -2.06. The van der Waals surface area contributed by atoms with Crippen molar-refractivity contribution in [3.05, 3.63) is 65.6 Å². The lowest BCUT2D eigenvalue weighted by Gasteiger charge is -2.10. The fourth-order valence-electron chi connectivity index (χ4n) is 2.22. The minimum atomic E-state index is -0.485. The zero-order valence-electron chi connectivity index (χ0n) is 13.8. The molecule has 0 radical (unpaired) electrons. The molecule has 8 heteroatoms. The predicted molar refractivity (Wildman–Crippen MR) is 101 cm³/mol. The summed E-state index contributed by atoms with van der Waals surface area (Å²) < 4.78 is 13.2. The number of anilines is 5. The Labute approximate surface area is 154 Å². The molecule has 3 rings (SSSR count). The van der Waals surface area contributed by atoms with Gasteiger partial charge in [-0.2, -0.15) is 4.98 Å². The van der Waals surface area contributed by atoms with Gasteiger partial charge in [-0.1, -0.05) is 17.7 Å². The highest BCUT2D eigenvalue weighted by Gasteiger charge is 2.05. The number of halogens is 2. The summed E-state index contributed by atoms with van der Waals surface area (Å²) in [4.78, 5) is 19.7. The molecule has 0 spiro atoms. The van der Waals surface area contributed by atoms with Crippen LogP contribution in [-0.4, -0.2) is 15.9 Å². The Kier molecular flexibility index (Phi) is 5.28. The molecule has 0 saturated heterocycles. The smallest absolute Gasteiger partial charge is 0.229 e. The van der Waals surface area contributed by atoms with Crippen LogP contribution in [-0.2, 0) is 4.79 Å². The van der Waals surface area contributed by atoms with Crippen LogP contribution >= 0.6 is 11.6 Å². The maximum atomic E-state index is 13.2. The normalized spacial score (nSPS) is 10.3. The number of nitrogens with one attached hydrogen (secondary N) is 3. The molecule has 3 N–H and O–H groups in total. The SMILES string of the molecule is CC(=O)Nc1cccc(Nc2nccc(Nc3ccc(F)c(Cl)c3)n2)c1. The van der Waals surface area contributed by atoms with E-state index in [9.17, 15) is 9.18 Å². The summed E-state index contributed by atoms with van der Waals surface area (Å²) in [5.41, 5.74) is 1.99. The molecule has 0 fully saturated rings. The van der Waals surface area contributed by atoms with Crippen LogP contribution < -0.4 is 16.0 Å². The number of nitrogens with zero attached hydrogens (tertiary/aromatic N) is 2. The number of hydrogen-bond acceptors (Lipinski definition) is 5. The third-order valence-corrected chi connectivity index (χ3v) is 3.58. The zero-order chi connectivity index (χ0) is 18.5. The van der Waals surface area contributed by atoms with Gasteiger partial charge in [-0.15, -0.1) is 0 Å². The highest BCUT2D eigenvalue weighted by Crippen LogP contribution is 2.23. The van der Waals surface area contributed by atoms with Gasteiger partial charge in [-0.05, 0) is 42.5 Å². The quantitative estimate of drug-likeness (QED) is 0.605. The molecule has 1 aromatic heterocycles. The van der Waals surface area contributed by atoms with Gasteiger partial charge in [0.25, 0.3) is 0 Å². The minimum absolute atomic E-state index is 0.0252. The van der Waals surface area contributed by atoms with Crippen LogP contribution in [0.25, 0.3) is 0 Å². The van der Waals surface area contributed by atoms with Crippen LogP contribution in [0, 0.1) is 5.82 Å². The molecule has 1 heterocycles. The van der Waals surface area contributed by atoms with Crippen molar-refractivity contribution in [1.29, 1.82) is 0 Å². The summed E-state index contributed by atoms with van der Waals surface area (Å²) in [7, 11) is 0. The van der Waals surface area contributed by atoms with E-state index in [4.69, 9.17) is 11.6 Å². The first-order valence-corrected chi connectivity index (χ1v) is 8.07. The van der Waals surface area contributed by atoms with Crippen molar-refractivity contribution >= 4 is 46.3 Å². The highest BCUT2D eigenvalue weighted by molar-refractivity contribution is 6.31. The van der Waals surface area contributed by atoms with E-state index in [-0.39, 0.29) is 10.9 Å². The van der Waals surface area contributed by atoms with Crippen LogP contribution in [0.2, 0.25) is 5.02 Å². The van der Waals surface area contributed by atoms with Crippen molar-refractivity contribution in [3.8, 4) is 0 Å². The second-order valence-electron chi connectivity index (χ2n) is 5.41. The molecule has 0 aliphatic rings. The molecular formula is C18H15ClFN5O. The van der Waals surface area contributed by atoms with Gasteiger partial charge < -0.3 is 16.0 Å². The first kappa shape index (κ1) is 17.6. The Balaban J connectivity index is 1.75. The molecule has 2 aromatic carbocycles. The van der Waals surface area contributed by atoms with Crippen molar-refractivity contribution in [2.45, 2.75) is 6.92 Å². The fraction of sp³-hybridized carbons (Fsp3) is 0.0556. The standard InChI is InChI=1S/C18H15ClFN5O/c1-11(26)22-12-3-2-4-13(9-12)24-18-21-8-7-17(25-18)23-14-5-6-16(20)15(19)10-14/h2-10H,1H3,(H,22,26)(H2,21,23,24,25). The molecule has 0 unspecified atom stereocenters. The van der Waals surface area contributed by atoms with Crippen LogP contribution in [0.15, 0.2) is 54.7 Å². The van der Waals surface area contributed by atoms with Crippen LogP contribution in [0.4, 0.5) is 33.2 Å². The van der Waals surface area contributed by atoms with Crippen LogP contribution in [0.5, 0.6) is 0 Å². The fourth-order valence-corrected chi connectivity index (χ4v) is 2.40. The highest BCUT2D eigenvalue weighted by atomic mass is 35.5. The molecule has 6 nitrogen and oxygen atoms in total. The first-order chi connectivity index (χ1) is 12.5. The van der Waals surface area contributed by atoms with Crippen molar-refractivity contribution < 1.29 is 9.18 Å². The molecule has 0 bridgehead atoms. The lowest BCUT2D eigenvalue weighted by molar-refractivity contribution is -0.114. The maximum Gasteiger partial charge on any atom is 0.229 e. The first-order valence-electron chi connectivity index (χ1n) is 7.69. The van der Waals surface area contributed by atoms with E-state index in [0.29, 0.717) is 23.1 Å². The van der Waals surface area contributed by atoms with Crippen molar-refractivity contribution in [1.82, 2.24) is 9.97 Å². The molecule has 0 saturated carbocycles. The van der Waals surface area contributed by atoms with Crippen molar-refractivity contribution in [2.24, 2.45) is 0 Å². The summed E-state index contributed by atoms with van der Waals surface area (Å²) in [5, 5.41) is 8.84. The number of carbonyl (C=O) groups is 1. The van der Waals surface area contributed by atoms with E-state index >= 15 is 0 Å². The predicted octanol–water partition coefficient (Wildman–Crippen LogP) is 4.71. The topological polar surface area (TPSA) is 78.9 Å². The zero-order valence-corrected chi connectivity index (χ0v) is 14.5. The second kappa shape index (κ2) is 7.79. The Morgan fingerprint density at radius 3 is 2.58 bits per heavy atom. The molecule has 0 atom stereocenters. The summed E-state index contributed by atoms with van der Waals surface area (Å²) >= 11 is 5.78. The number of rotatable bonds is 5. The Morgan fingerprint density at radius 2 is 1.81 bits per heavy atom. The molecule has 132 valence electrons. The lowest BCUT2D eigenvalue weighted by atomic mass is 10.2. The van der Waals surface area contributed by atoms with E-state index in [1.54, 1.807) is 36.5 Å². The molecule has 1 amide bonds. The Bertz CT molecular complexity index is 950. The second-order valence-corrected chi connectivity index (χ2v) is 5.81. The van der Waals surface area contributed by atoms with Crippen molar-refractivity contribution in [3.63, 3.8) is 0 Å². The van der Waals surface area contributed by atoms with E-state index in [0.717, 1.165) is 5.69 Å². The largest absolute Gasteiger partial charge is 0.340 e. The molecule has 0 aliphatic heterocycles. The van der Waals surface area contributed by atoms with Gasteiger partial charge in [0.2, 0.25) is 11.9 Å². The molecule has 26 heavy (non-hydrogen) atoms. The number of aromatic nitrogens is 2. The summed E-state index contributed by atoms with van der Waals surface area (Å²) in [5.74, 6) is 0.246. The van der Waals surface area contributed by atoms with E-state index < -0.39 is 5.82 Å². The van der Waals surface area contributed by atoms with E-state index in [1.165, 1.54) is 19.1 Å². The Morgan fingerprint density at radius 1 is 1.04 bits per heavy atom. The monoisotopic (exact) mass is 371 g/mol.